The number of benzene rings is 2. The Morgan fingerprint density at radius 2 is 1.76 bits per heavy atom. The molecule has 3 aromatic rings. The van der Waals surface area contributed by atoms with Crippen LogP contribution in [0, 0.1) is 25.5 Å². The van der Waals surface area contributed by atoms with E-state index in [1.807, 2.05) is 27.7 Å². The molecule has 0 spiro atoms. The summed E-state index contributed by atoms with van der Waals surface area (Å²) in [4.78, 5) is 46.5. The van der Waals surface area contributed by atoms with Gasteiger partial charge < -0.3 is 24.4 Å². The number of esters is 1. The van der Waals surface area contributed by atoms with Crippen molar-refractivity contribution in [2.45, 2.75) is 59.3 Å². The fourth-order valence-corrected chi connectivity index (χ4v) is 5.14. The van der Waals surface area contributed by atoms with Crippen LogP contribution in [0.15, 0.2) is 48.7 Å². The zero-order chi connectivity index (χ0) is 33.8. The molecule has 4 rings (SSSR count). The number of aromatic nitrogens is 1. The van der Waals surface area contributed by atoms with Crippen LogP contribution in [0.4, 0.5) is 19.4 Å². The van der Waals surface area contributed by atoms with Gasteiger partial charge in [-0.2, -0.15) is 0 Å². The van der Waals surface area contributed by atoms with E-state index >= 15 is 0 Å². The quantitative estimate of drug-likeness (QED) is 0.296. The van der Waals surface area contributed by atoms with E-state index in [1.165, 1.54) is 43.6 Å². The van der Waals surface area contributed by atoms with E-state index in [9.17, 15) is 23.2 Å². The Morgan fingerprint density at radius 3 is 2.39 bits per heavy atom. The summed E-state index contributed by atoms with van der Waals surface area (Å²) < 4.78 is 46.0. The van der Waals surface area contributed by atoms with E-state index in [2.05, 4.69) is 15.2 Å². The second-order valence-corrected chi connectivity index (χ2v) is 12.3. The van der Waals surface area contributed by atoms with Crippen LogP contribution in [0.25, 0.3) is 0 Å². The van der Waals surface area contributed by atoms with Crippen LogP contribution in [-0.4, -0.2) is 77.7 Å². The van der Waals surface area contributed by atoms with Crippen LogP contribution in [-0.2, 0) is 9.47 Å². The van der Waals surface area contributed by atoms with Crippen molar-refractivity contribution < 1.29 is 37.4 Å². The third kappa shape index (κ3) is 8.36. The molecule has 0 saturated carbocycles. The lowest BCUT2D eigenvalue weighted by Gasteiger charge is -2.41. The van der Waals surface area contributed by atoms with E-state index in [4.69, 9.17) is 14.2 Å². The number of pyridine rings is 1. The lowest BCUT2D eigenvalue weighted by molar-refractivity contribution is -0.00302. The molecule has 1 aromatic heterocycles. The van der Waals surface area contributed by atoms with Crippen molar-refractivity contribution in [3.8, 4) is 5.75 Å². The fraction of sp³-hybridized carbons (Fsp3) is 0.412. The number of nitrogens with one attached hydrogen (secondary N) is 1. The Morgan fingerprint density at radius 1 is 1.02 bits per heavy atom. The van der Waals surface area contributed by atoms with Crippen LogP contribution in [0.5, 0.6) is 5.75 Å². The molecular weight excluding hydrogens is 598 g/mol. The maximum atomic E-state index is 14.8. The number of ether oxygens (including phenoxy) is 3. The van der Waals surface area contributed by atoms with Crippen LogP contribution < -0.4 is 10.1 Å². The summed E-state index contributed by atoms with van der Waals surface area (Å²) >= 11 is 0. The summed E-state index contributed by atoms with van der Waals surface area (Å²) in [6.07, 6.45) is 0.204. The lowest BCUT2D eigenvalue weighted by Crippen LogP contribution is -2.55. The first-order valence-electron chi connectivity index (χ1n) is 15.0. The standard InChI is InChI=1S/C34H40F2N4O6/c1-20-10-11-23(16-27(20)36)29(19-39-13-14-40(22(3)18-39)33(43)46-34(4,5)6)45-28-15-21(2)24(17-25(28)32(42)44-7)31(41)38-30-26(35)9-8-12-37-30/h8-12,15-17,22,29H,13-14,18-19H2,1-7H3,(H,37,38,41)/t22-,29-/m1/s1. The number of anilines is 1. The number of rotatable bonds is 8. The Labute approximate surface area is 267 Å². The first-order valence-corrected chi connectivity index (χ1v) is 15.0. The number of nitrogens with zero attached hydrogens (tertiary/aromatic N) is 3. The SMILES string of the molecule is COC(=O)c1cc(C(=O)Nc2ncccc2F)c(C)cc1O[C@H](CN1CCN(C(=O)OC(C)(C)C)[C@H](C)C1)c1ccc(C)c(F)c1. The first kappa shape index (κ1) is 34.3. The number of amides is 2. The van der Waals surface area contributed by atoms with Crippen molar-refractivity contribution in [2.75, 3.05) is 38.6 Å². The van der Waals surface area contributed by atoms with E-state index < -0.39 is 35.2 Å². The zero-order valence-corrected chi connectivity index (χ0v) is 27.1. The molecule has 1 aliphatic rings. The Bertz CT molecular complexity index is 1610. The minimum atomic E-state index is -0.762. The molecule has 0 unspecified atom stereocenters. The molecule has 246 valence electrons. The van der Waals surface area contributed by atoms with Gasteiger partial charge in [0.25, 0.3) is 5.91 Å². The average Bonchev–Trinajstić information content (AvgIpc) is 2.98. The topological polar surface area (TPSA) is 110 Å². The van der Waals surface area contributed by atoms with Gasteiger partial charge in [-0.3, -0.25) is 9.69 Å². The van der Waals surface area contributed by atoms with Crippen LogP contribution in [0.3, 0.4) is 0 Å². The Kier molecular flexibility index (Phi) is 10.6. The third-order valence-corrected chi connectivity index (χ3v) is 7.57. The van der Waals surface area contributed by atoms with Crippen molar-refractivity contribution in [2.24, 2.45) is 0 Å². The van der Waals surface area contributed by atoms with Crippen molar-refractivity contribution in [1.82, 2.24) is 14.8 Å². The van der Waals surface area contributed by atoms with E-state index in [0.29, 0.717) is 42.9 Å². The van der Waals surface area contributed by atoms with Gasteiger partial charge in [-0.05, 0) is 88.6 Å². The smallest absolute Gasteiger partial charge is 0.410 e. The summed E-state index contributed by atoms with van der Waals surface area (Å²) in [6, 6.07) is 10.0. The van der Waals surface area contributed by atoms with Gasteiger partial charge in [0.1, 0.15) is 28.8 Å². The summed E-state index contributed by atoms with van der Waals surface area (Å²) in [5, 5.41) is 2.43. The number of carbonyl (C=O) groups excluding carboxylic acids is 3. The molecule has 2 atom stereocenters. The minimum Gasteiger partial charge on any atom is -0.483 e. The molecule has 46 heavy (non-hydrogen) atoms. The molecule has 10 nitrogen and oxygen atoms in total. The number of carbonyl (C=O) groups is 3. The number of hydrogen-bond donors (Lipinski definition) is 1. The fourth-order valence-electron chi connectivity index (χ4n) is 5.14. The highest BCUT2D eigenvalue weighted by atomic mass is 19.1. The maximum Gasteiger partial charge on any atom is 0.410 e. The minimum absolute atomic E-state index is 0.0413. The molecule has 2 heterocycles. The molecule has 1 N–H and O–H groups in total. The van der Waals surface area contributed by atoms with Crippen molar-refractivity contribution >= 4 is 23.8 Å². The number of aryl methyl sites for hydroxylation is 2. The molecule has 2 aromatic carbocycles. The van der Waals surface area contributed by atoms with Gasteiger partial charge in [-0.15, -0.1) is 0 Å². The molecule has 1 fully saturated rings. The maximum absolute atomic E-state index is 14.8. The molecule has 2 amide bonds. The monoisotopic (exact) mass is 638 g/mol. The molecule has 0 bridgehead atoms. The van der Waals surface area contributed by atoms with Gasteiger partial charge in [0.15, 0.2) is 11.6 Å². The van der Waals surface area contributed by atoms with E-state index in [0.717, 1.165) is 0 Å². The number of methoxy groups -OCH3 is 1. The number of halogens is 2. The normalized spacial score (nSPS) is 16.0. The predicted molar refractivity (Wildman–Crippen MR) is 168 cm³/mol. The second-order valence-electron chi connectivity index (χ2n) is 12.3. The number of hydrogen-bond acceptors (Lipinski definition) is 8. The van der Waals surface area contributed by atoms with Crippen LogP contribution in [0.1, 0.15) is 71.2 Å². The van der Waals surface area contributed by atoms with Gasteiger partial charge in [0.05, 0.1) is 7.11 Å². The summed E-state index contributed by atoms with van der Waals surface area (Å²) in [5.41, 5.74) is 0.857. The summed E-state index contributed by atoms with van der Waals surface area (Å²) in [6.45, 7) is 12.4. The largest absolute Gasteiger partial charge is 0.483 e. The highest BCUT2D eigenvalue weighted by Crippen LogP contribution is 2.32. The van der Waals surface area contributed by atoms with Gasteiger partial charge in [-0.25, -0.2) is 23.4 Å². The molecule has 0 radical (unpaired) electrons. The first-order chi connectivity index (χ1) is 21.7. The summed E-state index contributed by atoms with van der Waals surface area (Å²) in [5.74, 6) is -2.70. The van der Waals surface area contributed by atoms with E-state index in [1.54, 1.807) is 30.9 Å². The van der Waals surface area contributed by atoms with E-state index in [-0.39, 0.29) is 34.8 Å². The molecule has 1 aliphatic heterocycles. The predicted octanol–water partition coefficient (Wildman–Crippen LogP) is 6.08. The summed E-state index contributed by atoms with van der Waals surface area (Å²) in [7, 11) is 1.20. The van der Waals surface area contributed by atoms with Gasteiger partial charge in [-0.1, -0.05) is 12.1 Å². The molecule has 0 aliphatic carbocycles. The van der Waals surface area contributed by atoms with Gasteiger partial charge in [0.2, 0.25) is 0 Å². The van der Waals surface area contributed by atoms with Crippen LogP contribution in [0.2, 0.25) is 0 Å². The van der Waals surface area contributed by atoms with Crippen LogP contribution >= 0.6 is 0 Å². The average molecular weight is 639 g/mol. The van der Waals surface area contributed by atoms with Gasteiger partial charge >= 0.3 is 12.1 Å². The molecule has 1 saturated heterocycles. The van der Waals surface area contributed by atoms with Gasteiger partial charge in [0, 0.05) is 44.0 Å². The Hall–Kier alpha value is -4.58. The molecular formula is C34H40F2N4O6. The van der Waals surface area contributed by atoms with Crippen molar-refractivity contribution in [3.05, 3.63) is 88.1 Å². The highest BCUT2D eigenvalue weighted by Gasteiger charge is 2.33. The van der Waals surface area contributed by atoms with Crippen molar-refractivity contribution in [1.29, 1.82) is 0 Å². The highest BCUT2D eigenvalue weighted by molar-refractivity contribution is 6.07. The van der Waals surface area contributed by atoms with Crippen molar-refractivity contribution in [3.63, 3.8) is 0 Å². The second kappa shape index (κ2) is 14.2. The lowest BCUT2D eigenvalue weighted by atomic mass is 10.0. The third-order valence-electron chi connectivity index (χ3n) is 7.57. The Balaban J connectivity index is 1.63. The number of piperazine rings is 1. The zero-order valence-electron chi connectivity index (χ0n) is 27.1. The molecule has 12 heteroatoms.